The van der Waals surface area contributed by atoms with Gasteiger partial charge < -0.3 is 25.7 Å². The minimum Gasteiger partial charge on any atom is -0.395 e. The molecule has 0 bridgehead atoms. The monoisotopic (exact) mass is 476 g/mol. The number of likely N-dealkylation sites (N-methyl/N-ethyl adjacent to an activating group) is 1. The molecule has 0 aliphatic rings. The summed E-state index contributed by atoms with van der Waals surface area (Å²) in [6.07, 6.45) is 1.53. The van der Waals surface area contributed by atoms with Gasteiger partial charge >= 0.3 is 0 Å². The van der Waals surface area contributed by atoms with Crippen molar-refractivity contribution >= 4 is 52.4 Å². The molecule has 2 heterocycles. The molecule has 1 amide bonds. The highest BCUT2D eigenvalue weighted by molar-refractivity contribution is 6.40. The topological polar surface area (TPSA) is 124 Å². The summed E-state index contributed by atoms with van der Waals surface area (Å²) in [6.45, 7) is 1.98. The van der Waals surface area contributed by atoms with Crippen LogP contribution >= 0.6 is 23.2 Å². The maximum atomic E-state index is 12.7. The van der Waals surface area contributed by atoms with Crippen LogP contribution in [0.1, 0.15) is 21.6 Å². The molecule has 9 nitrogen and oxygen atoms in total. The Hall–Kier alpha value is -2.98. The van der Waals surface area contributed by atoms with Crippen LogP contribution in [0.3, 0.4) is 0 Å². The number of benzene rings is 1. The quantitative estimate of drug-likeness (QED) is 0.389. The number of pyridine rings is 1. The Morgan fingerprint density at radius 2 is 1.81 bits per heavy atom. The lowest BCUT2D eigenvalue weighted by atomic mass is 10.1. The van der Waals surface area contributed by atoms with Crippen molar-refractivity contribution < 1.29 is 15.0 Å². The average Bonchev–Trinajstić information content (AvgIpc) is 2.73. The van der Waals surface area contributed by atoms with E-state index in [9.17, 15) is 9.90 Å². The molecule has 2 aromatic heterocycles. The number of hydrogen-bond acceptors (Lipinski definition) is 8. The van der Waals surface area contributed by atoms with Gasteiger partial charge in [0.25, 0.3) is 5.91 Å². The van der Waals surface area contributed by atoms with Gasteiger partial charge in [0.2, 0.25) is 5.95 Å². The zero-order chi connectivity index (χ0) is 23.3. The Morgan fingerprint density at radius 1 is 1.09 bits per heavy atom. The van der Waals surface area contributed by atoms with Crippen LogP contribution in [-0.4, -0.2) is 51.3 Å². The van der Waals surface area contributed by atoms with Gasteiger partial charge in [-0.3, -0.25) is 4.79 Å². The minimum atomic E-state index is -0.493. The Labute approximate surface area is 195 Å². The van der Waals surface area contributed by atoms with Gasteiger partial charge in [0.05, 0.1) is 28.8 Å². The maximum absolute atomic E-state index is 12.7. The summed E-state index contributed by atoms with van der Waals surface area (Å²) in [4.78, 5) is 27.5. The van der Waals surface area contributed by atoms with Crippen LogP contribution in [0.4, 0.5) is 23.3 Å². The number of aromatic nitrogens is 3. The number of carbonyl (C=O) groups excluding carboxylic acids is 1. The number of hydrogen-bond donors (Lipinski definition) is 4. The fourth-order valence-corrected chi connectivity index (χ4v) is 3.58. The molecule has 0 fully saturated rings. The van der Waals surface area contributed by atoms with Crippen LogP contribution in [0.5, 0.6) is 0 Å². The molecule has 0 spiro atoms. The summed E-state index contributed by atoms with van der Waals surface area (Å²) >= 11 is 12.4. The van der Waals surface area contributed by atoms with E-state index < -0.39 is 5.91 Å². The molecule has 0 radical (unpaired) electrons. The largest absolute Gasteiger partial charge is 0.395 e. The third kappa shape index (κ3) is 5.83. The van der Waals surface area contributed by atoms with Gasteiger partial charge in [-0.1, -0.05) is 23.2 Å². The van der Waals surface area contributed by atoms with Crippen molar-refractivity contribution in [3.05, 3.63) is 63.4 Å². The molecule has 1 aromatic carbocycles. The number of anilines is 4. The summed E-state index contributed by atoms with van der Waals surface area (Å²) in [5.74, 6) is 0.928. The van der Waals surface area contributed by atoms with E-state index in [0.29, 0.717) is 35.4 Å². The summed E-state index contributed by atoms with van der Waals surface area (Å²) in [6, 6.07) is 8.00. The highest BCUT2D eigenvalue weighted by Crippen LogP contribution is 2.28. The maximum Gasteiger partial charge on any atom is 0.258 e. The minimum absolute atomic E-state index is 0.0172. The molecule has 0 aliphatic carbocycles. The summed E-state index contributed by atoms with van der Waals surface area (Å²) in [7, 11) is 1.78. The van der Waals surface area contributed by atoms with E-state index in [1.165, 1.54) is 18.3 Å². The van der Waals surface area contributed by atoms with Crippen molar-refractivity contribution in [3.63, 3.8) is 0 Å². The van der Waals surface area contributed by atoms with Crippen LogP contribution in [0, 0.1) is 6.92 Å². The smallest absolute Gasteiger partial charge is 0.258 e. The molecule has 0 saturated carbocycles. The highest BCUT2D eigenvalue weighted by atomic mass is 35.5. The SMILES string of the molecule is Cc1cc(Nc2cc(NC(=O)c3c(Cl)cc(CO)cc3Cl)ccn2)nc(N(C)CCO)n1. The first-order chi connectivity index (χ1) is 15.3. The van der Waals surface area contributed by atoms with Crippen LogP contribution in [-0.2, 0) is 6.61 Å². The van der Waals surface area contributed by atoms with Gasteiger partial charge in [-0.2, -0.15) is 4.98 Å². The lowest BCUT2D eigenvalue weighted by molar-refractivity contribution is 0.102. The molecule has 11 heteroatoms. The number of amides is 1. The first-order valence-corrected chi connectivity index (χ1v) is 10.4. The third-order valence-corrected chi connectivity index (χ3v) is 5.00. The van der Waals surface area contributed by atoms with Crippen LogP contribution in [0.15, 0.2) is 36.5 Å². The third-order valence-electron chi connectivity index (χ3n) is 4.40. The van der Waals surface area contributed by atoms with Gasteiger partial charge in [0.15, 0.2) is 0 Å². The van der Waals surface area contributed by atoms with E-state index in [0.717, 1.165) is 5.69 Å². The molecule has 0 saturated heterocycles. The van der Waals surface area contributed by atoms with Gasteiger partial charge in [0.1, 0.15) is 11.6 Å². The molecule has 4 N–H and O–H groups in total. The summed E-state index contributed by atoms with van der Waals surface area (Å²) in [5.41, 5.74) is 1.83. The Bertz CT molecular complexity index is 1110. The van der Waals surface area contributed by atoms with Gasteiger partial charge in [-0.25, -0.2) is 9.97 Å². The number of carbonyl (C=O) groups is 1. The number of rotatable bonds is 8. The van der Waals surface area contributed by atoms with Crippen molar-refractivity contribution in [2.24, 2.45) is 0 Å². The number of nitrogens with zero attached hydrogens (tertiary/aromatic N) is 4. The molecule has 168 valence electrons. The Morgan fingerprint density at radius 3 is 2.47 bits per heavy atom. The number of halogens is 2. The first-order valence-electron chi connectivity index (χ1n) is 9.61. The van der Waals surface area contributed by atoms with Crippen molar-refractivity contribution in [1.29, 1.82) is 0 Å². The van der Waals surface area contributed by atoms with Crippen LogP contribution < -0.4 is 15.5 Å². The number of aryl methyl sites for hydroxylation is 1. The van der Waals surface area contributed by atoms with Gasteiger partial charge in [-0.05, 0) is 30.7 Å². The van der Waals surface area contributed by atoms with Gasteiger partial charge in [-0.15, -0.1) is 0 Å². The fourth-order valence-electron chi connectivity index (χ4n) is 2.87. The van der Waals surface area contributed by atoms with Gasteiger partial charge in [0, 0.05) is 43.3 Å². The van der Waals surface area contributed by atoms with Crippen molar-refractivity contribution in [2.45, 2.75) is 13.5 Å². The molecular formula is C21H22Cl2N6O3. The number of aliphatic hydroxyl groups excluding tert-OH is 2. The van der Waals surface area contributed by atoms with E-state index in [1.54, 1.807) is 30.1 Å². The number of nitrogens with one attached hydrogen (secondary N) is 2. The molecule has 0 unspecified atom stereocenters. The van der Waals surface area contributed by atoms with Crippen molar-refractivity contribution in [2.75, 3.05) is 35.7 Å². The molecule has 0 atom stereocenters. The average molecular weight is 477 g/mol. The molecule has 3 aromatic rings. The van der Waals surface area contributed by atoms with E-state index in [4.69, 9.17) is 28.3 Å². The zero-order valence-corrected chi connectivity index (χ0v) is 18.9. The van der Waals surface area contributed by atoms with E-state index in [1.807, 2.05) is 6.92 Å². The molecule has 0 aliphatic heterocycles. The molecular weight excluding hydrogens is 455 g/mol. The second-order valence-corrected chi connectivity index (χ2v) is 7.76. The van der Waals surface area contributed by atoms with Crippen LogP contribution in [0.2, 0.25) is 10.0 Å². The Balaban J connectivity index is 1.79. The van der Waals surface area contributed by atoms with E-state index in [2.05, 4.69) is 25.6 Å². The molecule has 3 rings (SSSR count). The van der Waals surface area contributed by atoms with Crippen molar-refractivity contribution in [1.82, 2.24) is 15.0 Å². The lowest BCUT2D eigenvalue weighted by Gasteiger charge is -2.17. The fraction of sp³-hybridized carbons (Fsp3) is 0.238. The summed E-state index contributed by atoms with van der Waals surface area (Å²) in [5, 5.41) is 24.5. The molecule has 32 heavy (non-hydrogen) atoms. The van der Waals surface area contributed by atoms with Crippen molar-refractivity contribution in [3.8, 4) is 0 Å². The predicted molar refractivity (Wildman–Crippen MR) is 125 cm³/mol. The van der Waals surface area contributed by atoms with Crippen LogP contribution in [0.25, 0.3) is 0 Å². The normalized spacial score (nSPS) is 10.7. The zero-order valence-electron chi connectivity index (χ0n) is 17.4. The summed E-state index contributed by atoms with van der Waals surface area (Å²) < 4.78 is 0. The van der Waals surface area contributed by atoms with E-state index in [-0.39, 0.29) is 28.8 Å². The number of aliphatic hydroxyl groups is 2. The second-order valence-electron chi connectivity index (χ2n) is 6.94. The first kappa shape index (κ1) is 23.7. The Kier molecular flexibility index (Phi) is 7.81. The predicted octanol–water partition coefficient (Wildman–Crippen LogP) is 3.40. The lowest BCUT2D eigenvalue weighted by Crippen LogP contribution is -2.23. The van der Waals surface area contributed by atoms with E-state index >= 15 is 0 Å². The second kappa shape index (κ2) is 10.6. The standard InChI is InChI=1S/C21H22Cl2N6O3/c1-12-7-18(28-21(25-12)29(2)5-6-30)27-17-10-14(3-4-24-17)26-20(32)19-15(22)8-13(11-31)9-16(19)23/h3-4,7-10,30-31H,5-6,11H2,1-2H3,(H2,24,25,26,27,28,32). The highest BCUT2D eigenvalue weighted by Gasteiger charge is 2.17.